The van der Waals surface area contributed by atoms with Gasteiger partial charge < -0.3 is 15.7 Å². The molecule has 21 heavy (non-hydrogen) atoms. The van der Waals surface area contributed by atoms with Crippen LogP contribution in [0.2, 0.25) is 0 Å². The molecule has 0 radical (unpaired) electrons. The number of nitrogens with zero attached hydrogens (tertiary/aromatic N) is 2. The lowest BCUT2D eigenvalue weighted by atomic mass is 10.3. The first kappa shape index (κ1) is 14.9. The van der Waals surface area contributed by atoms with Crippen molar-refractivity contribution in [3.8, 4) is 0 Å². The SMILES string of the molecule is O=C(NCCc1nc(C(=O)O)cs1)NCc1ccccn1. The van der Waals surface area contributed by atoms with E-state index in [2.05, 4.69) is 20.6 Å². The van der Waals surface area contributed by atoms with E-state index < -0.39 is 5.97 Å². The number of rotatable bonds is 6. The molecule has 2 amide bonds. The summed E-state index contributed by atoms with van der Waals surface area (Å²) in [7, 11) is 0. The van der Waals surface area contributed by atoms with E-state index >= 15 is 0 Å². The average molecular weight is 306 g/mol. The number of pyridine rings is 1. The van der Waals surface area contributed by atoms with Crippen molar-refractivity contribution in [3.63, 3.8) is 0 Å². The van der Waals surface area contributed by atoms with Gasteiger partial charge in [-0.2, -0.15) is 0 Å². The number of amides is 2. The Bertz CT molecular complexity index is 615. The lowest BCUT2D eigenvalue weighted by Crippen LogP contribution is -2.36. The van der Waals surface area contributed by atoms with Gasteiger partial charge in [-0.15, -0.1) is 11.3 Å². The van der Waals surface area contributed by atoms with Crippen molar-refractivity contribution in [2.24, 2.45) is 0 Å². The fraction of sp³-hybridized carbons (Fsp3) is 0.231. The van der Waals surface area contributed by atoms with Gasteiger partial charge in [-0.3, -0.25) is 4.98 Å². The highest BCUT2D eigenvalue weighted by Crippen LogP contribution is 2.09. The van der Waals surface area contributed by atoms with Gasteiger partial charge in [-0.05, 0) is 12.1 Å². The maximum absolute atomic E-state index is 11.6. The number of carbonyl (C=O) groups excluding carboxylic acids is 1. The first-order chi connectivity index (χ1) is 10.1. The third-order valence-electron chi connectivity index (χ3n) is 2.55. The molecule has 0 atom stereocenters. The molecule has 7 nitrogen and oxygen atoms in total. The van der Waals surface area contributed by atoms with Crippen molar-refractivity contribution in [1.29, 1.82) is 0 Å². The van der Waals surface area contributed by atoms with Crippen LogP contribution >= 0.6 is 11.3 Å². The summed E-state index contributed by atoms with van der Waals surface area (Å²) in [5.41, 5.74) is 0.813. The van der Waals surface area contributed by atoms with Crippen LogP contribution in [0.3, 0.4) is 0 Å². The Hall–Kier alpha value is -2.48. The standard InChI is InChI=1S/C13H14N4O3S/c18-12(19)10-8-21-11(17-10)4-6-15-13(20)16-7-9-3-1-2-5-14-9/h1-3,5,8H,4,6-7H2,(H,18,19)(H2,15,16,20). The van der Waals surface area contributed by atoms with Crippen LogP contribution in [-0.2, 0) is 13.0 Å². The normalized spacial score (nSPS) is 10.1. The van der Waals surface area contributed by atoms with Gasteiger partial charge >= 0.3 is 12.0 Å². The van der Waals surface area contributed by atoms with Crippen LogP contribution in [0, 0.1) is 0 Å². The molecular weight excluding hydrogens is 292 g/mol. The van der Waals surface area contributed by atoms with Crippen molar-refractivity contribution < 1.29 is 14.7 Å². The second kappa shape index (κ2) is 7.34. The monoisotopic (exact) mass is 306 g/mol. The minimum Gasteiger partial charge on any atom is -0.476 e. The number of carboxylic acid groups (broad SMARTS) is 1. The van der Waals surface area contributed by atoms with Crippen LogP contribution in [0.4, 0.5) is 4.79 Å². The summed E-state index contributed by atoms with van der Waals surface area (Å²) < 4.78 is 0. The van der Waals surface area contributed by atoms with Gasteiger partial charge in [0, 0.05) is 24.5 Å². The molecule has 8 heteroatoms. The molecule has 2 rings (SSSR count). The van der Waals surface area contributed by atoms with Crippen molar-refractivity contribution in [3.05, 3.63) is 46.2 Å². The fourth-order valence-corrected chi connectivity index (χ4v) is 2.32. The first-order valence-corrected chi connectivity index (χ1v) is 7.12. The van der Waals surface area contributed by atoms with Crippen LogP contribution < -0.4 is 10.6 Å². The van der Waals surface area contributed by atoms with Gasteiger partial charge in [0.05, 0.1) is 17.2 Å². The molecule has 0 fully saturated rings. The molecule has 3 N–H and O–H groups in total. The number of urea groups is 1. The first-order valence-electron chi connectivity index (χ1n) is 6.24. The number of carbonyl (C=O) groups is 2. The third-order valence-corrected chi connectivity index (χ3v) is 3.46. The van der Waals surface area contributed by atoms with Gasteiger partial charge in [-0.25, -0.2) is 14.6 Å². The van der Waals surface area contributed by atoms with Crippen LogP contribution in [0.5, 0.6) is 0 Å². The van der Waals surface area contributed by atoms with E-state index in [1.165, 1.54) is 16.7 Å². The molecule has 0 bridgehead atoms. The highest BCUT2D eigenvalue weighted by atomic mass is 32.1. The largest absolute Gasteiger partial charge is 0.476 e. The van der Waals surface area contributed by atoms with E-state index in [-0.39, 0.29) is 11.7 Å². The topological polar surface area (TPSA) is 104 Å². The van der Waals surface area contributed by atoms with Crippen molar-refractivity contribution in [2.75, 3.05) is 6.54 Å². The summed E-state index contributed by atoms with van der Waals surface area (Å²) in [6.45, 7) is 0.744. The number of aromatic nitrogens is 2. The zero-order valence-electron chi connectivity index (χ0n) is 11.1. The Morgan fingerprint density at radius 3 is 2.81 bits per heavy atom. The lowest BCUT2D eigenvalue weighted by Gasteiger charge is -2.06. The molecular formula is C13H14N4O3S. The molecule has 2 heterocycles. The number of nitrogens with one attached hydrogen (secondary N) is 2. The van der Waals surface area contributed by atoms with Crippen LogP contribution in [0.15, 0.2) is 29.8 Å². The number of aromatic carboxylic acids is 1. The Labute approximate surface area is 125 Å². The summed E-state index contributed by atoms with van der Waals surface area (Å²) in [6.07, 6.45) is 2.16. The van der Waals surface area contributed by atoms with E-state index in [9.17, 15) is 9.59 Å². The number of thiazole rings is 1. The zero-order chi connectivity index (χ0) is 15.1. The lowest BCUT2D eigenvalue weighted by molar-refractivity contribution is 0.0691. The molecule has 0 aliphatic rings. The molecule has 0 aromatic carbocycles. The van der Waals surface area contributed by atoms with Gasteiger partial charge in [-0.1, -0.05) is 6.07 Å². The van der Waals surface area contributed by atoms with E-state index in [1.54, 1.807) is 6.20 Å². The Morgan fingerprint density at radius 2 is 2.14 bits per heavy atom. The van der Waals surface area contributed by atoms with Crippen molar-refractivity contribution in [2.45, 2.75) is 13.0 Å². The predicted molar refractivity (Wildman–Crippen MR) is 77.3 cm³/mol. The quantitative estimate of drug-likeness (QED) is 0.745. The minimum atomic E-state index is -1.04. The van der Waals surface area contributed by atoms with E-state index in [1.807, 2.05) is 18.2 Å². The van der Waals surface area contributed by atoms with Crippen molar-refractivity contribution in [1.82, 2.24) is 20.6 Å². The predicted octanol–water partition coefficient (Wildman–Crippen LogP) is 1.28. The summed E-state index contributed by atoms with van der Waals surface area (Å²) in [6, 6.07) is 5.19. The van der Waals surface area contributed by atoms with E-state index in [0.717, 1.165) is 5.69 Å². The van der Waals surface area contributed by atoms with Crippen LogP contribution in [0.25, 0.3) is 0 Å². The zero-order valence-corrected chi connectivity index (χ0v) is 11.9. The van der Waals surface area contributed by atoms with E-state index in [0.29, 0.717) is 24.5 Å². The highest BCUT2D eigenvalue weighted by Gasteiger charge is 2.08. The average Bonchev–Trinajstić information content (AvgIpc) is 2.95. The second-order valence-corrected chi connectivity index (χ2v) is 5.05. The molecule has 0 saturated heterocycles. The fourth-order valence-electron chi connectivity index (χ4n) is 1.54. The van der Waals surface area contributed by atoms with E-state index in [4.69, 9.17) is 5.11 Å². The van der Waals surface area contributed by atoms with Crippen LogP contribution in [-0.4, -0.2) is 33.6 Å². The molecule has 2 aromatic heterocycles. The number of hydrogen-bond acceptors (Lipinski definition) is 5. The summed E-state index contributed by atoms with van der Waals surface area (Å²) >= 11 is 1.27. The Kier molecular flexibility index (Phi) is 5.22. The molecule has 0 spiro atoms. The number of carboxylic acids is 1. The number of hydrogen-bond donors (Lipinski definition) is 3. The molecule has 0 aliphatic heterocycles. The molecule has 0 unspecified atom stereocenters. The highest BCUT2D eigenvalue weighted by molar-refractivity contribution is 7.09. The Morgan fingerprint density at radius 1 is 1.29 bits per heavy atom. The molecule has 2 aromatic rings. The summed E-state index contributed by atoms with van der Waals surface area (Å²) in [5, 5.41) is 16.3. The molecule has 0 saturated carbocycles. The van der Waals surface area contributed by atoms with Gasteiger partial charge in [0.1, 0.15) is 0 Å². The van der Waals surface area contributed by atoms with Crippen molar-refractivity contribution >= 4 is 23.3 Å². The second-order valence-electron chi connectivity index (χ2n) is 4.11. The van der Waals surface area contributed by atoms with Gasteiger partial charge in [0.25, 0.3) is 0 Å². The van der Waals surface area contributed by atoms with Crippen LogP contribution in [0.1, 0.15) is 21.2 Å². The molecule has 110 valence electrons. The molecule has 0 aliphatic carbocycles. The maximum Gasteiger partial charge on any atom is 0.355 e. The minimum absolute atomic E-state index is 0.0367. The van der Waals surface area contributed by atoms with Gasteiger partial charge in [0.15, 0.2) is 5.69 Å². The van der Waals surface area contributed by atoms with Gasteiger partial charge in [0.2, 0.25) is 0 Å². The summed E-state index contributed by atoms with van der Waals surface area (Å²) in [4.78, 5) is 30.3. The third kappa shape index (κ3) is 4.84. The smallest absolute Gasteiger partial charge is 0.355 e. The summed E-state index contributed by atoms with van der Waals surface area (Å²) in [5.74, 6) is -1.04. The Balaban J connectivity index is 1.68. The maximum atomic E-state index is 11.6.